The summed E-state index contributed by atoms with van der Waals surface area (Å²) in [7, 11) is 0. The lowest BCUT2D eigenvalue weighted by atomic mass is 10.1. The zero-order valence-corrected chi connectivity index (χ0v) is 7.97. The molecule has 3 heteroatoms. The van der Waals surface area contributed by atoms with Crippen molar-refractivity contribution in [3.8, 4) is 0 Å². The number of aliphatic carboxylic acids is 1. The third-order valence-corrected chi connectivity index (χ3v) is 1.66. The Hall–Kier alpha value is -1.06. The van der Waals surface area contributed by atoms with Crippen LogP contribution in [-0.2, 0) is 4.79 Å². The lowest BCUT2D eigenvalue weighted by Crippen LogP contribution is -1.78. The van der Waals surface area contributed by atoms with Crippen LogP contribution >= 0.6 is 0 Å². The number of carboxylic acids is 1. The second kappa shape index (κ2) is 7.26. The molecule has 0 amide bonds. The number of benzene rings is 2. The molecule has 0 aromatic heterocycles. The van der Waals surface area contributed by atoms with Crippen molar-refractivity contribution < 1.29 is 9.90 Å². The molecule has 2 aromatic rings. The topological polar surface area (TPSA) is 37.3 Å². The van der Waals surface area contributed by atoms with Crippen LogP contribution in [0.5, 0.6) is 0 Å². The van der Waals surface area contributed by atoms with Gasteiger partial charge < -0.3 is 5.11 Å². The van der Waals surface area contributed by atoms with Gasteiger partial charge in [0.25, 0.3) is 5.97 Å². The van der Waals surface area contributed by atoms with Gasteiger partial charge in [0.1, 0.15) is 0 Å². The number of hydrogen-bond donors (Lipinski definition) is 1. The quantitative estimate of drug-likeness (QED) is 0.681. The number of rotatable bonds is 0. The van der Waals surface area contributed by atoms with E-state index in [-0.39, 0.29) is 23.1 Å². The Morgan fingerprint density at radius 2 is 1.13 bits per heavy atom. The predicted molar refractivity (Wildman–Crippen MR) is 65.8 cm³/mol. The molecule has 0 aliphatic carbocycles. The zero-order chi connectivity index (χ0) is 10.4. The van der Waals surface area contributed by atoms with Gasteiger partial charge >= 0.3 is 23.1 Å². The first-order chi connectivity index (χ1) is 6.70. The van der Waals surface area contributed by atoms with Crippen molar-refractivity contribution >= 4 is 39.8 Å². The lowest BCUT2D eigenvalue weighted by Gasteiger charge is -1.92. The maximum atomic E-state index is 9.00. The van der Waals surface area contributed by atoms with Crippen LogP contribution in [0.2, 0.25) is 0 Å². The van der Waals surface area contributed by atoms with Crippen molar-refractivity contribution in [2.45, 2.75) is 6.92 Å². The molecule has 0 unspecified atom stereocenters. The van der Waals surface area contributed by atoms with Crippen molar-refractivity contribution in [3.63, 3.8) is 0 Å². The minimum Gasteiger partial charge on any atom is -0.481 e. The predicted octanol–water partition coefficient (Wildman–Crippen LogP) is 2.01. The SMILES string of the molecule is CC(=O)O.[MgH2].c1ccc2ccccc2c1. The highest BCUT2D eigenvalue weighted by molar-refractivity contribution is 5.82. The third-order valence-electron chi connectivity index (χ3n) is 1.66. The first-order valence-corrected chi connectivity index (χ1v) is 4.33. The molecule has 2 aromatic carbocycles. The van der Waals surface area contributed by atoms with Gasteiger partial charge in [-0.15, -0.1) is 0 Å². The summed E-state index contributed by atoms with van der Waals surface area (Å²) in [5.41, 5.74) is 0. The van der Waals surface area contributed by atoms with E-state index in [2.05, 4.69) is 48.5 Å². The Morgan fingerprint density at radius 1 is 0.933 bits per heavy atom. The standard InChI is InChI=1S/C10H8.C2H4O2.Mg.2H/c1-2-6-10-8-4-3-7-9(10)5-1;1-2(3)4;;;/h1-8H;1H3,(H,3,4);;;. The molecule has 0 saturated heterocycles. The molecule has 0 aliphatic rings. The van der Waals surface area contributed by atoms with Crippen LogP contribution in [0.3, 0.4) is 0 Å². The van der Waals surface area contributed by atoms with Gasteiger partial charge in [-0.1, -0.05) is 48.5 Å². The minimum absolute atomic E-state index is 0. The molecular weight excluding hydrogens is 200 g/mol. The van der Waals surface area contributed by atoms with E-state index in [0.717, 1.165) is 6.92 Å². The van der Waals surface area contributed by atoms with Gasteiger partial charge in [0.05, 0.1) is 0 Å². The van der Waals surface area contributed by atoms with E-state index in [1.54, 1.807) is 0 Å². The van der Waals surface area contributed by atoms with E-state index in [4.69, 9.17) is 9.90 Å². The summed E-state index contributed by atoms with van der Waals surface area (Å²) in [6, 6.07) is 16.7. The van der Waals surface area contributed by atoms with E-state index in [0.29, 0.717) is 0 Å². The van der Waals surface area contributed by atoms with Crippen molar-refractivity contribution in [1.82, 2.24) is 0 Å². The summed E-state index contributed by atoms with van der Waals surface area (Å²) in [6.45, 7) is 1.08. The normalized spacial score (nSPS) is 8.33. The van der Waals surface area contributed by atoms with Gasteiger partial charge in [0.2, 0.25) is 0 Å². The molecule has 2 nitrogen and oxygen atoms in total. The molecule has 0 atom stereocenters. The molecule has 0 spiro atoms. The van der Waals surface area contributed by atoms with Crippen molar-refractivity contribution in [3.05, 3.63) is 48.5 Å². The highest BCUT2D eigenvalue weighted by Crippen LogP contribution is 2.11. The molecule has 0 aliphatic heterocycles. The highest BCUT2D eigenvalue weighted by Gasteiger charge is 1.85. The van der Waals surface area contributed by atoms with Gasteiger partial charge in [-0.2, -0.15) is 0 Å². The van der Waals surface area contributed by atoms with Crippen molar-refractivity contribution in [2.24, 2.45) is 0 Å². The number of fused-ring (bicyclic) bond motifs is 1. The van der Waals surface area contributed by atoms with E-state index >= 15 is 0 Å². The monoisotopic (exact) mass is 214 g/mol. The Bertz CT molecular complexity index is 357. The summed E-state index contributed by atoms with van der Waals surface area (Å²) in [5.74, 6) is -0.833. The van der Waals surface area contributed by atoms with Crippen LogP contribution in [-0.4, -0.2) is 34.1 Å². The average molecular weight is 215 g/mol. The maximum absolute atomic E-state index is 9.00. The van der Waals surface area contributed by atoms with E-state index in [9.17, 15) is 0 Å². The Morgan fingerprint density at radius 3 is 1.33 bits per heavy atom. The summed E-state index contributed by atoms with van der Waals surface area (Å²) in [6.07, 6.45) is 0. The third kappa shape index (κ3) is 5.39. The fourth-order valence-corrected chi connectivity index (χ4v) is 1.13. The molecule has 2 rings (SSSR count). The van der Waals surface area contributed by atoms with Crippen LogP contribution in [0.25, 0.3) is 10.8 Å². The van der Waals surface area contributed by atoms with Gasteiger partial charge in [-0.25, -0.2) is 0 Å². The lowest BCUT2D eigenvalue weighted by molar-refractivity contribution is -0.134. The molecule has 1 N–H and O–H groups in total. The van der Waals surface area contributed by atoms with E-state index in [1.807, 2.05) is 0 Å². The molecule has 0 saturated carbocycles. The second-order valence-corrected chi connectivity index (χ2v) is 2.87. The Kier molecular flexibility index (Phi) is 6.74. The first-order valence-electron chi connectivity index (χ1n) is 4.33. The van der Waals surface area contributed by atoms with Gasteiger partial charge in [0.15, 0.2) is 0 Å². The Balaban J connectivity index is 0.000000346. The Labute approximate surface area is 105 Å². The molecule has 76 valence electrons. The smallest absolute Gasteiger partial charge is 0.316 e. The van der Waals surface area contributed by atoms with Crippen molar-refractivity contribution in [2.75, 3.05) is 0 Å². The van der Waals surface area contributed by atoms with Crippen LogP contribution in [0.4, 0.5) is 0 Å². The molecule has 0 radical (unpaired) electrons. The van der Waals surface area contributed by atoms with E-state index in [1.165, 1.54) is 10.8 Å². The van der Waals surface area contributed by atoms with Crippen LogP contribution in [0.15, 0.2) is 48.5 Å². The molecule has 0 bridgehead atoms. The minimum atomic E-state index is -0.833. The summed E-state index contributed by atoms with van der Waals surface area (Å²) >= 11 is 0. The molecule has 15 heavy (non-hydrogen) atoms. The fraction of sp³-hybridized carbons (Fsp3) is 0.0833. The largest absolute Gasteiger partial charge is 0.481 e. The average Bonchev–Trinajstić information content (AvgIpc) is 2.17. The molecular formula is C12H14MgO2. The second-order valence-electron chi connectivity index (χ2n) is 2.87. The first kappa shape index (κ1) is 13.9. The van der Waals surface area contributed by atoms with Crippen LogP contribution < -0.4 is 0 Å². The number of hydrogen-bond acceptors (Lipinski definition) is 1. The number of carbonyl (C=O) groups is 1. The van der Waals surface area contributed by atoms with Gasteiger partial charge in [-0.3, -0.25) is 4.79 Å². The van der Waals surface area contributed by atoms with Crippen LogP contribution in [0, 0.1) is 0 Å². The zero-order valence-electron chi connectivity index (χ0n) is 7.97. The highest BCUT2D eigenvalue weighted by atomic mass is 24.3. The summed E-state index contributed by atoms with van der Waals surface area (Å²) in [5, 5.41) is 10.0. The molecule has 0 fully saturated rings. The summed E-state index contributed by atoms with van der Waals surface area (Å²) < 4.78 is 0. The maximum Gasteiger partial charge on any atom is 0.316 e. The summed E-state index contributed by atoms with van der Waals surface area (Å²) in [4.78, 5) is 9.00. The van der Waals surface area contributed by atoms with Gasteiger partial charge in [-0.05, 0) is 10.8 Å². The van der Waals surface area contributed by atoms with Crippen molar-refractivity contribution in [1.29, 1.82) is 0 Å². The molecule has 0 heterocycles. The van der Waals surface area contributed by atoms with Crippen LogP contribution in [0.1, 0.15) is 6.92 Å². The fourth-order valence-electron chi connectivity index (χ4n) is 1.13. The number of carboxylic acid groups (broad SMARTS) is 1. The van der Waals surface area contributed by atoms with Gasteiger partial charge in [0, 0.05) is 6.92 Å². The van der Waals surface area contributed by atoms with E-state index < -0.39 is 5.97 Å².